The summed E-state index contributed by atoms with van der Waals surface area (Å²) >= 11 is 0. The number of ether oxygens (including phenoxy) is 1. The average Bonchev–Trinajstić information content (AvgIpc) is 2.86. The Bertz CT molecular complexity index is 929. The largest absolute Gasteiger partial charge is 0.375 e. The molecule has 0 saturated carbocycles. The molecule has 0 spiro atoms. The lowest BCUT2D eigenvalue weighted by Gasteiger charge is -2.45. The molecule has 1 heterocycles. The summed E-state index contributed by atoms with van der Waals surface area (Å²) < 4.78 is 5.01. The molecule has 1 aliphatic rings. The first-order chi connectivity index (χ1) is 15.7. The van der Waals surface area contributed by atoms with Crippen molar-refractivity contribution in [3.8, 4) is 0 Å². The van der Waals surface area contributed by atoms with Gasteiger partial charge >= 0.3 is 0 Å². The van der Waals surface area contributed by atoms with Crippen molar-refractivity contribution in [2.75, 3.05) is 33.4 Å². The van der Waals surface area contributed by atoms with Gasteiger partial charge in [0.1, 0.15) is 6.61 Å². The molecule has 1 aliphatic heterocycles. The summed E-state index contributed by atoms with van der Waals surface area (Å²) in [6.45, 7) is 2.66. The summed E-state index contributed by atoms with van der Waals surface area (Å²) in [5, 5.41) is 3.12. The Labute approximate surface area is 191 Å². The summed E-state index contributed by atoms with van der Waals surface area (Å²) in [7, 11) is 1.55. The summed E-state index contributed by atoms with van der Waals surface area (Å²) in [5.41, 5.74) is 3.87. The van der Waals surface area contributed by atoms with Crippen molar-refractivity contribution in [3.63, 3.8) is 0 Å². The normalized spacial score (nSPS) is 16.1. The van der Waals surface area contributed by atoms with Gasteiger partial charge in [-0.05, 0) is 42.6 Å². The molecule has 0 bridgehead atoms. The molecule has 4 heteroatoms. The van der Waals surface area contributed by atoms with Crippen molar-refractivity contribution in [3.05, 3.63) is 108 Å². The van der Waals surface area contributed by atoms with Crippen LogP contribution in [0.25, 0.3) is 0 Å². The molecule has 0 atom stereocenters. The number of hydrogen-bond donors (Lipinski definition) is 1. The van der Waals surface area contributed by atoms with Crippen molar-refractivity contribution in [2.45, 2.75) is 24.3 Å². The molecule has 3 aromatic carbocycles. The van der Waals surface area contributed by atoms with Crippen molar-refractivity contribution < 1.29 is 9.53 Å². The van der Waals surface area contributed by atoms with Crippen LogP contribution in [0.1, 0.15) is 35.6 Å². The number of amides is 1. The summed E-state index contributed by atoms with van der Waals surface area (Å²) in [6.07, 6.45) is 1.97. The molecule has 1 N–H and O–H groups in total. The SMILES string of the molecule is COCC(=O)NCC1(c2ccccc2)CCN(C(c2ccccc2)c2ccccc2)CC1. The molecule has 0 aromatic heterocycles. The van der Waals surface area contributed by atoms with E-state index < -0.39 is 0 Å². The van der Waals surface area contributed by atoms with E-state index in [1.807, 2.05) is 0 Å². The van der Waals surface area contributed by atoms with E-state index in [0.717, 1.165) is 25.9 Å². The number of nitrogens with zero attached hydrogens (tertiary/aromatic N) is 1. The number of carbonyl (C=O) groups excluding carboxylic acids is 1. The Morgan fingerprint density at radius 3 is 1.88 bits per heavy atom. The summed E-state index contributed by atoms with van der Waals surface area (Å²) in [6, 6.07) is 32.4. The minimum Gasteiger partial charge on any atom is -0.375 e. The molecule has 0 radical (unpaired) electrons. The van der Waals surface area contributed by atoms with Crippen LogP contribution >= 0.6 is 0 Å². The van der Waals surface area contributed by atoms with Gasteiger partial charge in [-0.2, -0.15) is 0 Å². The fourth-order valence-electron chi connectivity index (χ4n) is 4.90. The highest BCUT2D eigenvalue weighted by Gasteiger charge is 2.38. The number of methoxy groups -OCH3 is 1. The van der Waals surface area contributed by atoms with E-state index in [1.54, 1.807) is 7.11 Å². The quantitative estimate of drug-likeness (QED) is 0.571. The fourth-order valence-corrected chi connectivity index (χ4v) is 4.90. The van der Waals surface area contributed by atoms with E-state index in [4.69, 9.17) is 4.74 Å². The standard InChI is InChI=1S/C28H32N2O2/c1-32-21-26(31)29-22-28(25-15-9-4-10-16-25)17-19-30(20-18-28)27(23-11-5-2-6-12-23)24-13-7-3-8-14-24/h2-16,27H,17-22H2,1H3,(H,29,31). The van der Waals surface area contributed by atoms with Crippen LogP contribution in [0.15, 0.2) is 91.0 Å². The van der Waals surface area contributed by atoms with E-state index in [2.05, 4.69) is 101 Å². The molecular weight excluding hydrogens is 396 g/mol. The fraction of sp³-hybridized carbons (Fsp3) is 0.321. The molecule has 3 aromatic rings. The second kappa shape index (κ2) is 10.6. The molecule has 166 valence electrons. The van der Waals surface area contributed by atoms with E-state index in [0.29, 0.717) is 6.54 Å². The van der Waals surface area contributed by atoms with E-state index >= 15 is 0 Å². The zero-order valence-corrected chi connectivity index (χ0v) is 18.7. The molecule has 1 amide bonds. The Balaban J connectivity index is 1.57. The van der Waals surface area contributed by atoms with Crippen LogP contribution < -0.4 is 5.32 Å². The first kappa shape index (κ1) is 22.3. The molecule has 32 heavy (non-hydrogen) atoms. The number of hydrogen-bond acceptors (Lipinski definition) is 3. The van der Waals surface area contributed by atoms with Gasteiger partial charge in [0.25, 0.3) is 0 Å². The maximum absolute atomic E-state index is 12.2. The van der Waals surface area contributed by atoms with Crippen LogP contribution in [0.4, 0.5) is 0 Å². The Hall–Kier alpha value is -2.95. The van der Waals surface area contributed by atoms with Crippen molar-refractivity contribution in [1.82, 2.24) is 10.2 Å². The van der Waals surface area contributed by atoms with Gasteiger partial charge in [0.15, 0.2) is 0 Å². The van der Waals surface area contributed by atoms with Gasteiger partial charge in [0.2, 0.25) is 5.91 Å². The number of rotatable bonds is 8. The van der Waals surface area contributed by atoms with E-state index in [-0.39, 0.29) is 24.0 Å². The first-order valence-electron chi connectivity index (χ1n) is 11.4. The summed E-state index contributed by atoms with van der Waals surface area (Å²) in [5.74, 6) is -0.0586. The third-order valence-corrected chi connectivity index (χ3v) is 6.64. The predicted molar refractivity (Wildman–Crippen MR) is 129 cm³/mol. The Kier molecular flexibility index (Phi) is 7.35. The van der Waals surface area contributed by atoms with Gasteiger partial charge in [0, 0.05) is 19.1 Å². The number of benzene rings is 3. The third-order valence-electron chi connectivity index (χ3n) is 6.64. The highest BCUT2D eigenvalue weighted by atomic mass is 16.5. The molecule has 0 unspecified atom stereocenters. The number of nitrogens with one attached hydrogen (secondary N) is 1. The van der Waals surface area contributed by atoms with E-state index in [1.165, 1.54) is 16.7 Å². The minimum absolute atomic E-state index is 0.0586. The second-order valence-electron chi connectivity index (χ2n) is 8.62. The maximum atomic E-state index is 12.2. The van der Waals surface area contributed by atoms with Gasteiger partial charge in [0.05, 0.1) is 6.04 Å². The summed E-state index contributed by atoms with van der Waals surface area (Å²) in [4.78, 5) is 14.7. The maximum Gasteiger partial charge on any atom is 0.246 e. The number of carbonyl (C=O) groups is 1. The third kappa shape index (κ3) is 5.09. The van der Waals surface area contributed by atoms with Gasteiger partial charge in [-0.3, -0.25) is 9.69 Å². The van der Waals surface area contributed by atoms with Gasteiger partial charge in [-0.15, -0.1) is 0 Å². The lowest BCUT2D eigenvalue weighted by molar-refractivity contribution is -0.125. The molecule has 1 saturated heterocycles. The van der Waals surface area contributed by atoms with Gasteiger partial charge < -0.3 is 10.1 Å². The van der Waals surface area contributed by atoms with Crippen LogP contribution in [0.5, 0.6) is 0 Å². The Morgan fingerprint density at radius 1 is 0.875 bits per heavy atom. The highest BCUT2D eigenvalue weighted by molar-refractivity contribution is 5.77. The number of likely N-dealkylation sites (tertiary alicyclic amines) is 1. The molecule has 0 aliphatic carbocycles. The zero-order valence-electron chi connectivity index (χ0n) is 18.7. The molecule has 4 rings (SSSR count). The zero-order chi connectivity index (χ0) is 22.2. The molecule has 1 fully saturated rings. The Morgan fingerprint density at radius 2 is 1.38 bits per heavy atom. The minimum atomic E-state index is -0.0704. The number of piperidine rings is 1. The average molecular weight is 429 g/mol. The van der Waals surface area contributed by atoms with Gasteiger partial charge in [-0.1, -0.05) is 91.0 Å². The van der Waals surface area contributed by atoms with Crippen LogP contribution in [-0.4, -0.2) is 44.2 Å². The topological polar surface area (TPSA) is 41.6 Å². The van der Waals surface area contributed by atoms with Crippen LogP contribution in [-0.2, 0) is 14.9 Å². The molecular formula is C28H32N2O2. The van der Waals surface area contributed by atoms with Crippen LogP contribution in [0.3, 0.4) is 0 Å². The first-order valence-corrected chi connectivity index (χ1v) is 11.4. The molecule has 4 nitrogen and oxygen atoms in total. The van der Waals surface area contributed by atoms with E-state index in [9.17, 15) is 4.79 Å². The monoisotopic (exact) mass is 428 g/mol. The smallest absolute Gasteiger partial charge is 0.246 e. The van der Waals surface area contributed by atoms with Crippen molar-refractivity contribution >= 4 is 5.91 Å². The van der Waals surface area contributed by atoms with Crippen LogP contribution in [0.2, 0.25) is 0 Å². The highest BCUT2D eigenvalue weighted by Crippen LogP contribution is 2.39. The van der Waals surface area contributed by atoms with Crippen LogP contribution in [0, 0.1) is 0 Å². The predicted octanol–water partition coefficient (Wildman–Crippen LogP) is 4.57. The van der Waals surface area contributed by atoms with Crippen molar-refractivity contribution in [1.29, 1.82) is 0 Å². The lowest BCUT2D eigenvalue weighted by atomic mass is 9.72. The second-order valence-corrected chi connectivity index (χ2v) is 8.62. The van der Waals surface area contributed by atoms with Gasteiger partial charge in [-0.25, -0.2) is 0 Å². The van der Waals surface area contributed by atoms with Crippen molar-refractivity contribution in [2.24, 2.45) is 0 Å². The lowest BCUT2D eigenvalue weighted by Crippen LogP contribution is -2.50.